The molecule has 0 amide bonds. The standard InChI is InChI=1S/C16H16N2O4/c1-3-18-7-6-17-15(16(18)20)21-11-4-5-12-10(2)8-14(19)22-13(12)9-11/h4-7,9-10H,3,8H2,1-2H3. The number of nitrogens with zero attached hydrogens (tertiary/aromatic N) is 2. The summed E-state index contributed by atoms with van der Waals surface area (Å²) in [6.07, 6.45) is 3.49. The molecule has 22 heavy (non-hydrogen) atoms. The van der Waals surface area contributed by atoms with Crippen molar-refractivity contribution in [2.24, 2.45) is 0 Å². The summed E-state index contributed by atoms with van der Waals surface area (Å²) in [5.74, 6) is 0.743. The molecule has 0 radical (unpaired) electrons. The zero-order valence-electron chi connectivity index (χ0n) is 12.4. The highest BCUT2D eigenvalue weighted by Gasteiger charge is 2.24. The summed E-state index contributed by atoms with van der Waals surface area (Å²) in [5, 5.41) is 0. The lowest BCUT2D eigenvalue weighted by molar-refractivity contribution is -0.135. The van der Waals surface area contributed by atoms with Gasteiger partial charge in [0.05, 0.1) is 6.42 Å². The molecule has 1 aromatic heterocycles. The van der Waals surface area contributed by atoms with E-state index in [1.807, 2.05) is 19.9 Å². The molecule has 6 nitrogen and oxygen atoms in total. The first kappa shape index (κ1) is 14.3. The molecule has 3 rings (SSSR count). The topological polar surface area (TPSA) is 70.4 Å². The highest BCUT2D eigenvalue weighted by atomic mass is 16.5. The summed E-state index contributed by atoms with van der Waals surface area (Å²) in [7, 11) is 0. The fraction of sp³-hybridized carbons (Fsp3) is 0.312. The van der Waals surface area contributed by atoms with Crippen molar-refractivity contribution in [1.29, 1.82) is 0 Å². The van der Waals surface area contributed by atoms with Crippen LogP contribution in [0.3, 0.4) is 0 Å². The predicted octanol–water partition coefficient (Wildman–Crippen LogP) is 2.47. The second kappa shape index (κ2) is 5.63. The van der Waals surface area contributed by atoms with Gasteiger partial charge in [-0.2, -0.15) is 0 Å². The van der Waals surface area contributed by atoms with Gasteiger partial charge in [0.25, 0.3) is 5.88 Å². The number of benzene rings is 1. The van der Waals surface area contributed by atoms with Gasteiger partial charge in [-0.3, -0.25) is 9.59 Å². The minimum atomic E-state index is -0.298. The smallest absolute Gasteiger partial charge is 0.313 e. The van der Waals surface area contributed by atoms with Gasteiger partial charge in [-0.1, -0.05) is 13.0 Å². The number of fused-ring (bicyclic) bond motifs is 1. The van der Waals surface area contributed by atoms with Crippen molar-refractivity contribution in [3.05, 3.63) is 46.5 Å². The van der Waals surface area contributed by atoms with Crippen molar-refractivity contribution in [2.45, 2.75) is 32.7 Å². The van der Waals surface area contributed by atoms with E-state index in [4.69, 9.17) is 9.47 Å². The van der Waals surface area contributed by atoms with Gasteiger partial charge in [0.15, 0.2) is 0 Å². The van der Waals surface area contributed by atoms with Crippen LogP contribution in [-0.2, 0) is 11.3 Å². The van der Waals surface area contributed by atoms with Crippen LogP contribution in [0.5, 0.6) is 17.4 Å². The van der Waals surface area contributed by atoms with E-state index in [-0.39, 0.29) is 23.3 Å². The molecule has 1 atom stereocenters. The number of aromatic nitrogens is 2. The van der Waals surface area contributed by atoms with Gasteiger partial charge in [0.1, 0.15) is 11.5 Å². The molecular weight excluding hydrogens is 284 g/mol. The molecule has 1 aliphatic rings. The van der Waals surface area contributed by atoms with Crippen molar-refractivity contribution in [2.75, 3.05) is 0 Å². The number of carbonyl (C=O) groups excluding carboxylic acids is 1. The Hall–Kier alpha value is -2.63. The average Bonchev–Trinajstić information content (AvgIpc) is 2.49. The molecule has 1 aromatic carbocycles. The van der Waals surface area contributed by atoms with E-state index in [9.17, 15) is 9.59 Å². The number of carbonyl (C=O) groups is 1. The van der Waals surface area contributed by atoms with Gasteiger partial charge in [0.2, 0.25) is 0 Å². The third-order valence-electron chi connectivity index (χ3n) is 3.65. The molecule has 0 bridgehead atoms. The van der Waals surface area contributed by atoms with Crippen LogP contribution in [0.1, 0.15) is 31.7 Å². The molecule has 6 heteroatoms. The van der Waals surface area contributed by atoms with Crippen LogP contribution in [0.2, 0.25) is 0 Å². The van der Waals surface area contributed by atoms with Crippen LogP contribution in [0.4, 0.5) is 0 Å². The fourth-order valence-corrected chi connectivity index (χ4v) is 2.46. The zero-order valence-corrected chi connectivity index (χ0v) is 12.4. The Morgan fingerprint density at radius 3 is 3.00 bits per heavy atom. The lowest BCUT2D eigenvalue weighted by atomic mass is 9.95. The molecule has 2 heterocycles. The molecule has 0 saturated carbocycles. The molecule has 0 N–H and O–H groups in total. The van der Waals surface area contributed by atoms with Crippen LogP contribution >= 0.6 is 0 Å². The lowest BCUT2D eigenvalue weighted by Crippen LogP contribution is -2.21. The molecule has 114 valence electrons. The van der Waals surface area contributed by atoms with Crippen LogP contribution in [0.25, 0.3) is 0 Å². The van der Waals surface area contributed by atoms with Crippen molar-refractivity contribution in [3.8, 4) is 17.4 Å². The molecule has 1 unspecified atom stereocenters. The number of aryl methyl sites for hydroxylation is 1. The van der Waals surface area contributed by atoms with Crippen molar-refractivity contribution >= 4 is 5.97 Å². The van der Waals surface area contributed by atoms with Gasteiger partial charge in [-0.25, -0.2) is 4.98 Å². The third-order valence-corrected chi connectivity index (χ3v) is 3.65. The van der Waals surface area contributed by atoms with Crippen molar-refractivity contribution in [3.63, 3.8) is 0 Å². The predicted molar refractivity (Wildman–Crippen MR) is 79.4 cm³/mol. The maximum atomic E-state index is 12.1. The third kappa shape index (κ3) is 2.59. The quantitative estimate of drug-likeness (QED) is 0.643. The largest absolute Gasteiger partial charge is 0.435 e. The average molecular weight is 300 g/mol. The molecule has 0 spiro atoms. The number of ether oxygens (including phenoxy) is 2. The van der Waals surface area contributed by atoms with Crippen LogP contribution < -0.4 is 15.0 Å². The molecular formula is C16H16N2O4. The number of rotatable bonds is 3. The maximum absolute atomic E-state index is 12.1. The summed E-state index contributed by atoms with van der Waals surface area (Å²) in [6, 6.07) is 5.22. The highest BCUT2D eigenvalue weighted by Crippen LogP contribution is 2.36. The Morgan fingerprint density at radius 2 is 2.23 bits per heavy atom. The van der Waals surface area contributed by atoms with Gasteiger partial charge in [-0.05, 0) is 24.5 Å². The summed E-state index contributed by atoms with van der Waals surface area (Å²) in [6.45, 7) is 4.38. The first-order valence-electron chi connectivity index (χ1n) is 7.16. The first-order chi connectivity index (χ1) is 10.6. The minimum absolute atomic E-state index is 0.000477. The number of esters is 1. The summed E-state index contributed by atoms with van der Waals surface area (Å²) < 4.78 is 12.3. The maximum Gasteiger partial charge on any atom is 0.313 e. The van der Waals surface area contributed by atoms with Gasteiger partial charge in [0, 0.05) is 25.0 Å². The number of hydrogen-bond donors (Lipinski definition) is 0. The Morgan fingerprint density at radius 1 is 1.41 bits per heavy atom. The Labute approximate surface area is 127 Å². The van der Waals surface area contributed by atoms with E-state index < -0.39 is 0 Å². The first-order valence-corrected chi connectivity index (χ1v) is 7.16. The SMILES string of the molecule is CCn1ccnc(Oc2ccc3c(c2)OC(=O)CC3C)c1=O. The van der Waals surface area contributed by atoms with E-state index in [0.717, 1.165) is 5.56 Å². The monoisotopic (exact) mass is 300 g/mol. The van der Waals surface area contributed by atoms with Gasteiger partial charge >= 0.3 is 11.5 Å². The van der Waals surface area contributed by atoms with Gasteiger partial charge < -0.3 is 14.0 Å². The van der Waals surface area contributed by atoms with Crippen LogP contribution in [0, 0.1) is 0 Å². The van der Waals surface area contributed by atoms with E-state index >= 15 is 0 Å². The van der Waals surface area contributed by atoms with Crippen LogP contribution in [0.15, 0.2) is 35.4 Å². The Kier molecular flexibility index (Phi) is 3.66. The van der Waals surface area contributed by atoms with Gasteiger partial charge in [-0.15, -0.1) is 0 Å². The fourth-order valence-electron chi connectivity index (χ4n) is 2.46. The van der Waals surface area contributed by atoms with E-state index in [2.05, 4.69) is 4.98 Å². The normalized spacial score (nSPS) is 16.8. The Balaban J connectivity index is 1.93. The molecule has 0 fully saturated rings. The summed E-state index contributed by atoms with van der Waals surface area (Å²) in [4.78, 5) is 27.6. The zero-order chi connectivity index (χ0) is 15.7. The van der Waals surface area contributed by atoms with E-state index in [0.29, 0.717) is 24.5 Å². The summed E-state index contributed by atoms with van der Waals surface area (Å²) in [5.41, 5.74) is 0.659. The van der Waals surface area contributed by atoms with Crippen LogP contribution in [-0.4, -0.2) is 15.5 Å². The lowest BCUT2D eigenvalue weighted by Gasteiger charge is -2.21. The minimum Gasteiger partial charge on any atom is -0.435 e. The molecule has 2 aromatic rings. The Bertz CT molecular complexity index is 782. The number of hydrogen-bond acceptors (Lipinski definition) is 5. The van der Waals surface area contributed by atoms with Crippen molar-refractivity contribution < 1.29 is 14.3 Å². The molecule has 0 saturated heterocycles. The molecule has 1 aliphatic heterocycles. The van der Waals surface area contributed by atoms with E-state index in [1.165, 1.54) is 10.8 Å². The summed E-state index contributed by atoms with van der Waals surface area (Å²) >= 11 is 0. The molecule has 0 aliphatic carbocycles. The van der Waals surface area contributed by atoms with Crippen molar-refractivity contribution in [1.82, 2.24) is 9.55 Å². The second-order valence-electron chi connectivity index (χ2n) is 5.20. The highest BCUT2D eigenvalue weighted by molar-refractivity contribution is 5.76. The van der Waals surface area contributed by atoms with E-state index in [1.54, 1.807) is 18.3 Å². The second-order valence-corrected chi connectivity index (χ2v) is 5.20.